The van der Waals surface area contributed by atoms with Gasteiger partial charge in [-0.15, -0.1) is 0 Å². The Labute approximate surface area is 156 Å². The number of amides is 1. The summed E-state index contributed by atoms with van der Waals surface area (Å²) in [5.41, 5.74) is 1.91. The first-order valence-electron chi connectivity index (χ1n) is 7.66. The standard InChI is InChI=1S/C17H16Cl2N2O3S/c1-11(17(22)21-9-8-12-4-2-3-5-16(12)21)20-25(23,24)13-6-7-14(18)15(19)10-13/h2-7,10-11,20H,8-9H2,1H3/t11-/m0/s1. The highest BCUT2D eigenvalue weighted by Crippen LogP contribution is 2.28. The van der Waals surface area contributed by atoms with Crippen LogP contribution >= 0.6 is 23.2 Å². The molecule has 5 nitrogen and oxygen atoms in total. The van der Waals surface area contributed by atoms with Crippen molar-refractivity contribution in [2.45, 2.75) is 24.3 Å². The maximum atomic E-state index is 12.7. The number of nitrogens with zero attached hydrogens (tertiary/aromatic N) is 1. The zero-order valence-electron chi connectivity index (χ0n) is 13.4. The molecule has 8 heteroatoms. The Hall–Kier alpha value is -1.60. The van der Waals surface area contributed by atoms with Gasteiger partial charge in [0, 0.05) is 12.2 Å². The normalized spacial score (nSPS) is 15.1. The predicted molar refractivity (Wildman–Crippen MR) is 98.7 cm³/mol. The van der Waals surface area contributed by atoms with Crippen LogP contribution < -0.4 is 9.62 Å². The van der Waals surface area contributed by atoms with Gasteiger partial charge in [-0.05, 0) is 43.2 Å². The van der Waals surface area contributed by atoms with Crippen molar-refractivity contribution in [1.82, 2.24) is 4.72 Å². The number of para-hydroxylation sites is 1. The molecule has 0 saturated carbocycles. The number of carbonyl (C=O) groups excluding carboxylic acids is 1. The van der Waals surface area contributed by atoms with Gasteiger partial charge in [0.25, 0.3) is 0 Å². The van der Waals surface area contributed by atoms with Crippen molar-refractivity contribution in [3.05, 3.63) is 58.1 Å². The third-order valence-electron chi connectivity index (χ3n) is 4.06. The van der Waals surface area contributed by atoms with Gasteiger partial charge in [0.1, 0.15) is 0 Å². The van der Waals surface area contributed by atoms with Crippen LogP contribution in [0.4, 0.5) is 5.69 Å². The lowest BCUT2D eigenvalue weighted by molar-refractivity contribution is -0.119. The fraction of sp³-hybridized carbons (Fsp3) is 0.235. The summed E-state index contributed by atoms with van der Waals surface area (Å²) >= 11 is 11.7. The average molecular weight is 399 g/mol. The van der Waals surface area contributed by atoms with E-state index in [4.69, 9.17) is 23.2 Å². The number of anilines is 1. The highest BCUT2D eigenvalue weighted by Gasteiger charge is 2.30. The number of sulfonamides is 1. The lowest BCUT2D eigenvalue weighted by Crippen LogP contribution is -2.46. The zero-order valence-corrected chi connectivity index (χ0v) is 15.7. The van der Waals surface area contributed by atoms with Gasteiger partial charge in [-0.1, -0.05) is 41.4 Å². The van der Waals surface area contributed by atoms with E-state index in [-0.39, 0.29) is 20.8 Å². The van der Waals surface area contributed by atoms with Gasteiger partial charge in [0.15, 0.2) is 0 Å². The lowest BCUT2D eigenvalue weighted by Gasteiger charge is -2.22. The number of hydrogen-bond donors (Lipinski definition) is 1. The van der Waals surface area contributed by atoms with Crippen LogP contribution in [0.1, 0.15) is 12.5 Å². The van der Waals surface area contributed by atoms with Crippen LogP contribution in [0.5, 0.6) is 0 Å². The van der Waals surface area contributed by atoms with E-state index in [1.807, 2.05) is 24.3 Å². The van der Waals surface area contributed by atoms with Crippen molar-refractivity contribution < 1.29 is 13.2 Å². The molecule has 3 rings (SSSR count). The molecule has 2 aromatic rings. The summed E-state index contributed by atoms with van der Waals surface area (Å²) < 4.78 is 27.4. The van der Waals surface area contributed by atoms with Gasteiger partial charge in [-0.2, -0.15) is 4.72 Å². The minimum Gasteiger partial charge on any atom is -0.310 e. The first kappa shape index (κ1) is 18.2. The second-order valence-electron chi connectivity index (χ2n) is 5.79. The molecule has 0 bridgehead atoms. The molecule has 0 saturated heterocycles. The van der Waals surface area contributed by atoms with Gasteiger partial charge < -0.3 is 4.90 Å². The summed E-state index contributed by atoms with van der Waals surface area (Å²) in [4.78, 5) is 14.3. The number of fused-ring (bicyclic) bond motifs is 1. The van der Waals surface area contributed by atoms with E-state index in [1.54, 1.807) is 4.90 Å². The van der Waals surface area contributed by atoms with E-state index >= 15 is 0 Å². The van der Waals surface area contributed by atoms with E-state index in [2.05, 4.69) is 4.72 Å². The van der Waals surface area contributed by atoms with Crippen LogP contribution in [-0.4, -0.2) is 26.9 Å². The summed E-state index contributed by atoms with van der Waals surface area (Å²) in [5, 5.41) is 0.399. The van der Waals surface area contributed by atoms with E-state index in [0.717, 1.165) is 17.7 Å². The predicted octanol–water partition coefficient (Wildman–Crippen LogP) is 3.25. The fourth-order valence-electron chi connectivity index (χ4n) is 2.80. The number of nitrogens with one attached hydrogen (secondary N) is 1. The molecule has 1 N–H and O–H groups in total. The number of halogens is 2. The van der Waals surface area contributed by atoms with Crippen molar-refractivity contribution in [3.8, 4) is 0 Å². The van der Waals surface area contributed by atoms with Crippen molar-refractivity contribution >= 4 is 44.8 Å². The van der Waals surface area contributed by atoms with Gasteiger partial charge in [-0.3, -0.25) is 4.79 Å². The molecule has 1 atom stereocenters. The largest absolute Gasteiger partial charge is 0.310 e. The van der Waals surface area contributed by atoms with E-state index in [0.29, 0.717) is 6.54 Å². The minimum atomic E-state index is -3.89. The maximum absolute atomic E-state index is 12.7. The Morgan fingerprint density at radius 1 is 1.16 bits per heavy atom. The van der Waals surface area contributed by atoms with Gasteiger partial charge in [-0.25, -0.2) is 8.42 Å². The molecule has 0 radical (unpaired) electrons. The number of carbonyl (C=O) groups is 1. The molecule has 0 spiro atoms. The fourth-order valence-corrected chi connectivity index (χ4v) is 4.38. The molecule has 0 aromatic heterocycles. The van der Waals surface area contributed by atoms with E-state index < -0.39 is 16.1 Å². The van der Waals surface area contributed by atoms with Crippen LogP contribution in [0, 0.1) is 0 Å². The molecule has 0 unspecified atom stereocenters. The molecular formula is C17H16Cl2N2O3S. The molecule has 0 aliphatic carbocycles. The molecular weight excluding hydrogens is 383 g/mol. The van der Waals surface area contributed by atoms with Gasteiger partial charge in [0.2, 0.25) is 15.9 Å². The molecule has 2 aromatic carbocycles. The Morgan fingerprint density at radius 3 is 2.60 bits per heavy atom. The summed E-state index contributed by atoms with van der Waals surface area (Å²) in [6.07, 6.45) is 0.758. The van der Waals surface area contributed by atoms with Crippen LogP contribution in [-0.2, 0) is 21.2 Å². The monoisotopic (exact) mass is 398 g/mol. The summed E-state index contributed by atoms with van der Waals surface area (Å²) in [5.74, 6) is -0.298. The summed E-state index contributed by atoms with van der Waals surface area (Å²) in [6, 6.07) is 10.7. The quantitative estimate of drug-likeness (QED) is 0.859. The minimum absolute atomic E-state index is 0.0385. The topological polar surface area (TPSA) is 66.5 Å². The maximum Gasteiger partial charge on any atom is 0.244 e. The Balaban J connectivity index is 1.78. The number of benzene rings is 2. The smallest absolute Gasteiger partial charge is 0.244 e. The molecule has 132 valence electrons. The van der Waals surface area contributed by atoms with Crippen LogP contribution in [0.3, 0.4) is 0 Å². The van der Waals surface area contributed by atoms with Crippen LogP contribution in [0.25, 0.3) is 0 Å². The molecule has 0 fully saturated rings. The second-order valence-corrected chi connectivity index (χ2v) is 8.32. The third-order valence-corrected chi connectivity index (χ3v) is 6.33. The highest BCUT2D eigenvalue weighted by atomic mass is 35.5. The SMILES string of the molecule is C[C@H](NS(=O)(=O)c1ccc(Cl)c(Cl)c1)C(=O)N1CCc2ccccc21. The molecule has 1 aliphatic heterocycles. The molecule has 1 amide bonds. The Kier molecular flexibility index (Phi) is 5.06. The first-order chi connectivity index (χ1) is 11.8. The molecule has 1 aliphatic rings. The van der Waals surface area contributed by atoms with Gasteiger partial charge in [0.05, 0.1) is 21.0 Å². The van der Waals surface area contributed by atoms with E-state index in [9.17, 15) is 13.2 Å². The zero-order chi connectivity index (χ0) is 18.2. The molecule has 1 heterocycles. The Bertz CT molecular complexity index is 931. The number of rotatable bonds is 4. The lowest BCUT2D eigenvalue weighted by atomic mass is 10.2. The first-order valence-corrected chi connectivity index (χ1v) is 9.90. The van der Waals surface area contributed by atoms with Crippen molar-refractivity contribution in [2.24, 2.45) is 0 Å². The van der Waals surface area contributed by atoms with Gasteiger partial charge >= 0.3 is 0 Å². The Morgan fingerprint density at radius 2 is 1.88 bits per heavy atom. The van der Waals surface area contributed by atoms with Crippen LogP contribution in [0.15, 0.2) is 47.4 Å². The highest BCUT2D eigenvalue weighted by molar-refractivity contribution is 7.89. The average Bonchev–Trinajstić information content (AvgIpc) is 3.00. The summed E-state index contributed by atoms with van der Waals surface area (Å²) in [7, 11) is -3.89. The third kappa shape index (κ3) is 3.67. The number of hydrogen-bond acceptors (Lipinski definition) is 3. The second kappa shape index (κ2) is 6.96. The van der Waals surface area contributed by atoms with Crippen molar-refractivity contribution in [2.75, 3.05) is 11.4 Å². The summed E-state index contributed by atoms with van der Waals surface area (Å²) in [6.45, 7) is 2.06. The van der Waals surface area contributed by atoms with Crippen molar-refractivity contribution in [1.29, 1.82) is 0 Å². The van der Waals surface area contributed by atoms with Crippen molar-refractivity contribution in [3.63, 3.8) is 0 Å². The van der Waals surface area contributed by atoms with Crippen LogP contribution in [0.2, 0.25) is 10.0 Å². The van der Waals surface area contributed by atoms with E-state index in [1.165, 1.54) is 25.1 Å². The molecule has 25 heavy (non-hydrogen) atoms.